The van der Waals surface area contributed by atoms with E-state index in [1.165, 1.54) is 28.6 Å². The van der Waals surface area contributed by atoms with E-state index in [4.69, 9.17) is 5.11 Å². The lowest BCUT2D eigenvalue weighted by molar-refractivity contribution is 0.0698. The molecular formula is C12H9N3O4S2. The van der Waals surface area contributed by atoms with Gasteiger partial charge in [0.2, 0.25) is 0 Å². The number of aromatic carboxylic acids is 1. The second-order valence-electron chi connectivity index (χ2n) is 4.18. The van der Waals surface area contributed by atoms with Crippen LogP contribution in [-0.2, 0) is 6.54 Å². The fraction of sp³-hybridized carbons (Fsp3) is 0.167. The summed E-state index contributed by atoms with van der Waals surface area (Å²) in [6.45, 7) is 0.520. The first-order chi connectivity index (χ1) is 10.1. The van der Waals surface area contributed by atoms with Crippen LogP contribution >= 0.6 is 23.1 Å². The summed E-state index contributed by atoms with van der Waals surface area (Å²) in [6, 6.07) is 1.40. The second-order valence-corrected chi connectivity index (χ2v) is 6.16. The molecule has 0 atom stereocenters. The first-order valence-electron chi connectivity index (χ1n) is 5.92. The van der Waals surface area contributed by atoms with Crippen molar-refractivity contribution >= 4 is 40.0 Å². The molecule has 1 aliphatic heterocycles. The fourth-order valence-corrected chi connectivity index (χ4v) is 3.61. The molecule has 0 saturated heterocycles. The Morgan fingerprint density at radius 2 is 2.19 bits per heavy atom. The highest BCUT2D eigenvalue weighted by molar-refractivity contribution is 7.99. The lowest BCUT2D eigenvalue weighted by Crippen LogP contribution is -2.29. The van der Waals surface area contributed by atoms with Crippen molar-refractivity contribution in [2.45, 2.75) is 11.7 Å². The molecule has 0 spiro atoms. The number of hydrogen-bond acceptors (Lipinski definition) is 6. The third kappa shape index (κ3) is 2.45. The molecule has 0 fully saturated rings. The number of amides is 1. The van der Waals surface area contributed by atoms with Gasteiger partial charge in [0.15, 0.2) is 5.16 Å². The predicted molar refractivity (Wildman–Crippen MR) is 78.5 cm³/mol. The molecule has 0 aliphatic carbocycles. The Kier molecular flexibility index (Phi) is 3.52. The Hall–Kier alpha value is -2.13. The van der Waals surface area contributed by atoms with Gasteiger partial charge in [0, 0.05) is 18.5 Å². The molecule has 1 aliphatic rings. The number of nitrogens with one attached hydrogen (secondary N) is 1. The van der Waals surface area contributed by atoms with Gasteiger partial charge < -0.3 is 10.4 Å². The highest BCUT2D eigenvalue weighted by Gasteiger charge is 2.21. The summed E-state index contributed by atoms with van der Waals surface area (Å²) in [5, 5.41) is 13.8. The van der Waals surface area contributed by atoms with Crippen LogP contribution in [0, 0.1) is 0 Å². The molecule has 2 N–H and O–H groups in total. The Morgan fingerprint density at radius 3 is 2.95 bits per heavy atom. The maximum Gasteiger partial charge on any atom is 0.338 e. The SMILES string of the molecule is O=C(O)c1ccsc1NC(=O)c1cnc2n(c1=O)CCS2. The normalized spacial score (nSPS) is 13.0. The average molecular weight is 323 g/mol. The number of hydrogen-bond donors (Lipinski definition) is 2. The number of anilines is 1. The first-order valence-corrected chi connectivity index (χ1v) is 7.79. The van der Waals surface area contributed by atoms with Crippen LogP contribution in [0.4, 0.5) is 5.00 Å². The van der Waals surface area contributed by atoms with Crippen LogP contribution in [-0.4, -0.2) is 32.3 Å². The molecule has 0 unspecified atom stereocenters. The molecule has 9 heteroatoms. The van der Waals surface area contributed by atoms with E-state index in [-0.39, 0.29) is 16.1 Å². The zero-order valence-corrected chi connectivity index (χ0v) is 12.2. The standard InChI is InChI=1S/C12H9N3O4S2/c16-8(14-9-6(11(18)19)1-3-20-9)7-5-13-12-15(10(7)17)2-4-21-12/h1,3,5H,2,4H2,(H,14,16)(H,18,19). The topological polar surface area (TPSA) is 101 Å². The number of thiophene rings is 1. The van der Waals surface area contributed by atoms with Gasteiger partial charge in [0.1, 0.15) is 10.6 Å². The summed E-state index contributed by atoms with van der Waals surface area (Å²) in [4.78, 5) is 39.4. The molecule has 0 saturated carbocycles. The molecule has 0 radical (unpaired) electrons. The minimum Gasteiger partial charge on any atom is -0.478 e. The molecule has 2 aromatic heterocycles. The summed E-state index contributed by atoms with van der Waals surface area (Å²) in [6.07, 6.45) is 1.23. The largest absolute Gasteiger partial charge is 0.478 e. The molecular weight excluding hydrogens is 314 g/mol. The second kappa shape index (κ2) is 5.34. The summed E-state index contributed by atoms with van der Waals surface area (Å²) in [5.41, 5.74) is -0.500. The molecule has 1 amide bonds. The lowest BCUT2D eigenvalue weighted by Gasteiger charge is -2.06. The third-order valence-corrected chi connectivity index (χ3v) is 4.72. The van der Waals surface area contributed by atoms with Gasteiger partial charge in [-0.25, -0.2) is 9.78 Å². The van der Waals surface area contributed by atoms with Crippen LogP contribution in [0.5, 0.6) is 0 Å². The summed E-state index contributed by atoms with van der Waals surface area (Å²) in [5.74, 6) is -1.03. The fourth-order valence-electron chi connectivity index (χ4n) is 1.92. The number of carbonyl (C=O) groups excluding carboxylic acids is 1. The Morgan fingerprint density at radius 1 is 1.38 bits per heavy atom. The molecule has 3 rings (SSSR count). The average Bonchev–Trinajstić information content (AvgIpc) is 3.07. The van der Waals surface area contributed by atoms with Crippen molar-refractivity contribution in [3.05, 3.63) is 39.1 Å². The molecule has 2 aromatic rings. The van der Waals surface area contributed by atoms with Crippen LogP contribution in [0.2, 0.25) is 0 Å². The van der Waals surface area contributed by atoms with E-state index >= 15 is 0 Å². The van der Waals surface area contributed by atoms with Gasteiger partial charge in [0.25, 0.3) is 11.5 Å². The quantitative estimate of drug-likeness (QED) is 0.827. The van der Waals surface area contributed by atoms with Crippen LogP contribution in [0.1, 0.15) is 20.7 Å². The van der Waals surface area contributed by atoms with Gasteiger partial charge in [-0.15, -0.1) is 11.3 Å². The zero-order valence-electron chi connectivity index (χ0n) is 10.5. The number of aromatic nitrogens is 2. The maximum absolute atomic E-state index is 12.2. The van der Waals surface area contributed by atoms with E-state index in [0.29, 0.717) is 11.7 Å². The van der Waals surface area contributed by atoms with Gasteiger partial charge in [-0.1, -0.05) is 11.8 Å². The van der Waals surface area contributed by atoms with Crippen molar-refractivity contribution < 1.29 is 14.7 Å². The van der Waals surface area contributed by atoms with Gasteiger partial charge in [-0.05, 0) is 11.4 Å². The van der Waals surface area contributed by atoms with Gasteiger partial charge in [-0.3, -0.25) is 14.2 Å². The first kappa shape index (κ1) is 13.8. The summed E-state index contributed by atoms with van der Waals surface area (Å²) in [7, 11) is 0. The third-order valence-electron chi connectivity index (χ3n) is 2.92. The van der Waals surface area contributed by atoms with Crippen molar-refractivity contribution in [2.24, 2.45) is 0 Å². The number of rotatable bonds is 3. The number of nitrogens with zero attached hydrogens (tertiary/aromatic N) is 2. The lowest BCUT2D eigenvalue weighted by atomic mass is 10.3. The van der Waals surface area contributed by atoms with Gasteiger partial charge >= 0.3 is 5.97 Å². The number of thioether (sulfide) groups is 1. The maximum atomic E-state index is 12.2. The van der Waals surface area contributed by atoms with E-state index in [1.54, 1.807) is 5.38 Å². The minimum absolute atomic E-state index is 0.00173. The number of carboxylic acids is 1. The van der Waals surface area contributed by atoms with Crippen LogP contribution < -0.4 is 10.9 Å². The number of carboxylic acid groups (broad SMARTS) is 1. The molecule has 7 nitrogen and oxygen atoms in total. The molecule has 0 aromatic carbocycles. The predicted octanol–water partition coefficient (Wildman–Crippen LogP) is 1.36. The van der Waals surface area contributed by atoms with Crippen molar-refractivity contribution in [2.75, 3.05) is 11.1 Å². The Labute approximate surface area is 126 Å². The van der Waals surface area contributed by atoms with Crippen LogP contribution in [0.3, 0.4) is 0 Å². The monoisotopic (exact) mass is 323 g/mol. The van der Waals surface area contributed by atoms with Crippen LogP contribution in [0.25, 0.3) is 0 Å². The summed E-state index contributed by atoms with van der Waals surface area (Å²) < 4.78 is 1.45. The number of carbonyl (C=O) groups is 2. The molecule has 3 heterocycles. The van der Waals surface area contributed by atoms with Gasteiger partial charge in [-0.2, -0.15) is 0 Å². The van der Waals surface area contributed by atoms with Crippen molar-refractivity contribution in [3.8, 4) is 0 Å². The molecule has 0 bridgehead atoms. The van der Waals surface area contributed by atoms with E-state index in [2.05, 4.69) is 10.3 Å². The van der Waals surface area contributed by atoms with Crippen molar-refractivity contribution in [3.63, 3.8) is 0 Å². The van der Waals surface area contributed by atoms with E-state index in [9.17, 15) is 14.4 Å². The van der Waals surface area contributed by atoms with Crippen LogP contribution in [0.15, 0.2) is 27.6 Å². The van der Waals surface area contributed by atoms with Crippen molar-refractivity contribution in [1.82, 2.24) is 9.55 Å². The Balaban J connectivity index is 1.91. The van der Waals surface area contributed by atoms with E-state index in [1.807, 2.05) is 0 Å². The molecule has 21 heavy (non-hydrogen) atoms. The zero-order chi connectivity index (χ0) is 15.0. The van der Waals surface area contributed by atoms with E-state index in [0.717, 1.165) is 17.1 Å². The highest BCUT2D eigenvalue weighted by Crippen LogP contribution is 2.24. The Bertz CT molecular complexity index is 796. The summed E-state index contributed by atoms with van der Waals surface area (Å²) >= 11 is 2.54. The minimum atomic E-state index is -1.13. The van der Waals surface area contributed by atoms with E-state index < -0.39 is 17.4 Å². The van der Waals surface area contributed by atoms with Gasteiger partial charge in [0.05, 0.1) is 5.56 Å². The molecule has 108 valence electrons. The highest BCUT2D eigenvalue weighted by atomic mass is 32.2. The smallest absolute Gasteiger partial charge is 0.338 e. The number of fused-ring (bicyclic) bond motifs is 1. The van der Waals surface area contributed by atoms with Crippen molar-refractivity contribution in [1.29, 1.82) is 0 Å².